The summed E-state index contributed by atoms with van der Waals surface area (Å²) in [5, 5.41) is 3.12. The lowest BCUT2D eigenvalue weighted by Crippen LogP contribution is -2.08. The van der Waals surface area contributed by atoms with Gasteiger partial charge in [-0.1, -0.05) is 6.07 Å². The summed E-state index contributed by atoms with van der Waals surface area (Å²) in [5.74, 6) is 0.846. The topological polar surface area (TPSA) is 38.1 Å². The summed E-state index contributed by atoms with van der Waals surface area (Å²) in [7, 11) is 1.96. The van der Waals surface area contributed by atoms with Crippen molar-refractivity contribution in [2.24, 2.45) is 0 Å². The number of hydrogen-bond donors (Lipinski definition) is 1. The van der Waals surface area contributed by atoms with E-state index in [1.54, 1.807) is 0 Å². The van der Waals surface area contributed by atoms with E-state index in [1.165, 1.54) is 11.1 Å². The van der Waals surface area contributed by atoms with E-state index in [4.69, 9.17) is 4.42 Å². The van der Waals surface area contributed by atoms with Gasteiger partial charge in [-0.05, 0) is 51.1 Å². The maximum atomic E-state index is 5.76. The monoisotopic (exact) mass is 218 g/mol. The molecule has 16 heavy (non-hydrogen) atoms. The lowest BCUT2D eigenvalue weighted by molar-refractivity contribution is 0.514. The number of oxazole rings is 1. The minimum absolute atomic E-state index is 0.846. The summed E-state index contributed by atoms with van der Waals surface area (Å²) in [6, 6.07) is 4.21. The van der Waals surface area contributed by atoms with Crippen LogP contribution in [0.5, 0.6) is 0 Å². The molecule has 0 saturated heterocycles. The van der Waals surface area contributed by atoms with Crippen LogP contribution in [0.1, 0.15) is 23.4 Å². The molecule has 0 bridgehead atoms. The highest BCUT2D eigenvalue weighted by molar-refractivity contribution is 5.77. The van der Waals surface area contributed by atoms with Gasteiger partial charge in [0.05, 0.1) is 0 Å². The quantitative estimate of drug-likeness (QED) is 0.802. The third kappa shape index (κ3) is 2.25. The molecule has 2 aromatic rings. The van der Waals surface area contributed by atoms with Crippen LogP contribution in [0.15, 0.2) is 16.5 Å². The normalized spacial score (nSPS) is 11.2. The minimum Gasteiger partial charge on any atom is -0.440 e. The zero-order valence-corrected chi connectivity index (χ0v) is 10.1. The van der Waals surface area contributed by atoms with Crippen LogP contribution in [0.4, 0.5) is 0 Å². The summed E-state index contributed by atoms with van der Waals surface area (Å²) in [6.45, 7) is 5.15. The molecule has 0 fully saturated rings. The van der Waals surface area contributed by atoms with Crippen LogP contribution in [0.3, 0.4) is 0 Å². The molecule has 0 saturated carbocycles. The van der Waals surface area contributed by atoms with E-state index in [0.717, 1.165) is 36.4 Å². The SMILES string of the molecule is CNCCCc1nc2cc(C)cc(C)c2o1. The highest BCUT2D eigenvalue weighted by Crippen LogP contribution is 2.21. The summed E-state index contributed by atoms with van der Waals surface area (Å²) in [5.41, 5.74) is 4.32. The van der Waals surface area contributed by atoms with Crippen molar-refractivity contribution in [3.8, 4) is 0 Å². The number of benzene rings is 1. The van der Waals surface area contributed by atoms with E-state index < -0.39 is 0 Å². The number of nitrogens with one attached hydrogen (secondary N) is 1. The zero-order valence-electron chi connectivity index (χ0n) is 10.1. The van der Waals surface area contributed by atoms with Crippen LogP contribution in [-0.4, -0.2) is 18.6 Å². The predicted octanol–water partition coefficient (Wildman–Crippen LogP) is 2.60. The van der Waals surface area contributed by atoms with E-state index in [2.05, 4.69) is 36.3 Å². The number of fused-ring (bicyclic) bond motifs is 1. The van der Waals surface area contributed by atoms with Gasteiger partial charge in [0.1, 0.15) is 5.52 Å². The smallest absolute Gasteiger partial charge is 0.195 e. The van der Waals surface area contributed by atoms with E-state index >= 15 is 0 Å². The van der Waals surface area contributed by atoms with Crippen LogP contribution in [0.25, 0.3) is 11.1 Å². The average molecular weight is 218 g/mol. The molecule has 0 aliphatic heterocycles. The third-order valence-electron chi connectivity index (χ3n) is 2.68. The standard InChI is InChI=1S/C13H18N2O/c1-9-7-10(2)13-11(8-9)15-12(16-13)5-4-6-14-3/h7-8,14H,4-6H2,1-3H3. The molecule has 86 valence electrons. The second-order valence-electron chi connectivity index (χ2n) is 4.24. The first-order valence-corrected chi connectivity index (χ1v) is 5.72. The Kier molecular flexibility index (Phi) is 3.25. The van der Waals surface area contributed by atoms with Crippen molar-refractivity contribution in [1.29, 1.82) is 0 Å². The van der Waals surface area contributed by atoms with Crippen LogP contribution < -0.4 is 5.32 Å². The van der Waals surface area contributed by atoms with E-state index in [9.17, 15) is 0 Å². The Morgan fingerprint density at radius 2 is 2.12 bits per heavy atom. The number of hydrogen-bond acceptors (Lipinski definition) is 3. The Labute approximate surface area is 95.9 Å². The third-order valence-corrected chi connectivity index (χ3v) is 2.68. The van der Waals surface area contributed by atoms with Crippen LogP contribution in [-0.2, 0) is 6.42 Å². The van der Waals surface area contributed by atoms with Crippen LogP contribution in [0, 0.1) is 13.8 Å². The molecule has 0 aliphatic carbocycles. The van der Waals surface area contributed by atoms with Gasteiger partial charge >= 0.3 is 0 Å². The molecule has 3 nitrogen and oxygen atoms in total. The predicted molar refractivity (Wildman–Crippen MR) is 65.7 cm³/mol. The van der Waals surface area contributed by atoms with Crippen molar-refractivity contribution < 1.29 is 4.42 Å². The van der Waals surface area contributed by atoms with E-state index in [-0.39, 0.29) is 0 Å². The molecule has 2 rings (SSSR count). The van der Waals surface area contributed by atoms with Gasteiger partial charge in [-0.2, -0.15) is 0 Å². The Bertz CT molecular complexity index is 488. The Balaban J connectivity index is 2.26. The van der Waals surface area contributed by atoms with E-state index in [0.29, 0.717) is 0 Å². The van der Waals surface area contributed by atoms with Gasteiger partial charge in [-0.25, -0.2) is 4.98 Å². The summed E-state index contributed by atoms with van der Waals surface area (Å²) >= 11 is 0. The Morgan fingerprint density at radius 1 is 1.31 bits per heavy atom. The molecule has 1 N–H and O–H groups in total. The van der Waals surface area contributed by atoms with Gasteiger partial charge in [0.15, 0.2) is 11.5 Å². The summed E-state index contributed by atoms with van der Waals surface area (Å²) in [6.07, 6.45) is 1.95. The molecule has 0 aliphatic rings. The molecule has 0 radical (unpaired) electrons. The van der Waals surface area contributed by atoms with Gasteiger partial charge in [0, 0.05) is 6.42 Å². The number of aryl methyl sites for hydroxylation is 3. The lowest BCUT2D eigenvalue weighted by atomic mass is 10.1. The molecule has 0 atom stereocenters. The molecule has 1 aromatic carbocycles. The first-order valence-electron chi connectivity index (χ1n) is 5.72. The summed E-state index contributed by atoms with van der Waals surface area (Å²) in [4.78, 5) is 4.51. The summed E-state index contributed by atoms with van der Waals surface area (Å²) < 4.78 is 5.76. The maximum absolute atomic E-state index is 5.76. The van der Waals surface area contributed by atoms with Gasteiger partial charge < -0.3 is 9.73 Å². The van der Waals surface area contributed by atoms with Crippen molar-refractivity contribution in [3.05, 3.63) is 29.2 Å². The highest BCUT2D eigenvalue weighted by atomic mass is 16.3. The van der Waals surface area contributed by atoms with Crippen LogP contribution in [0.2, 0.25) is 0 Å². The second-order valence-corrected chi connectivity index (χ2v) is 4.24. The van der Waals surface area contributed by atoms with Gasteiger partial charge in [0.25, 0.3) is 0 Å². The number of rotatable bonds is 4. The van der Waals surface area contributed by atoms with Crippen molar-refractivity contribution in [2.45, 2.75) is 26.7 Å². The molecule has 0 amide bonds. The molecule has 3 heteroatoms. The molecule has 1 heterocycles. The van der Waals surface area contributed by atoms with Crippen LogP contribution >= 0.6 is 0 Å². The highest BCUT2D eigenvalue weighted by Gasteiger charge is 2.08. The van der Waals surface area contributed by atoms with E-state index in [1.807, 2.05) is 7.05 Å². The van der Waals surface area contributed by atoms with Crippen molar-refractivity contribution in [2.75, 3.05) is 13.6 Å². The van der Waals surface area contributed by atoms with Crippen molar-refractivity contribution in [1.82, 2.24) is 10.3 Å². The Morgan fingerprint density at radius 3 is 2.88 bits per heavy atom. The zero-order chi connectivity index (χ0) is 11.5. The van der Waals surface area contributed by atoms with Gasteiger partial charge in [-0.3, -0.25) is 0 Å². The molecular formula is C13H18N2O. The number of nitrogens with zero attached hydrogens (tertiary/aromatic N) is 1. The van der Waals surface area contributed by atoms with Crippen molar-refractivity contribution in [3.63, 3.8) is 0 Å². The fourth-order valence-electron chi connectivity index (χ4n) is 1.95. The average Bonchev–Trinajstić information content (AvgIpc) is 2.61. The fourth-order valence-corrected chi connectivity index (χ4v) is 1.95. The molecule has 1 aromatic heterocycles. The fraction of sp³-hybridized carbons (Fsp3) is 0.462. The molecule has 0 unspecified atom stereocenters. The minimum atomic E-state index is 0.846. The lowest BCUT2D eigenvalue weighted by Gasteiger charge is -1.95. The number of aromatic nitrogens is 1. The second kappa shape index (κ2) is 4.66. The maximum Gasteiger partial charge on any atom is 0.195 e. The molecule has 0 spiro atoms. The Hall–Kier alpha value is -1.35. The first kappa shape index (κ1) is 11.1. The van der Waals surface area contributed by atoms with Gasteiger partial charge in [-0.15, -0.1) is 0 Å². The molecular weight excluding hydrogens is 200 g/mol. The van der Waals surface area contributed by atoms with Gasteiger partial charge in [0.2, 0.25) is 0 Å². The van der Waals surface area contributed by atoms with Crippen molar-refractivity contribution >= 4 is 11.1 Å². The largest absolute Gasteiger partial charge is 0.440 e. The first-order chi connectivity index (χ1) is 7.70.